The Morgan fingerprint density at radius 2 is 1.62 bits per heavy atom. The van der Waals surface area contributed by atoms with Crippen LogP contribution in [0.25, 0.3) is 0 Å². The number of carbonyl (C=O) groups is 2. The van der Waals surface area contributed by atoms with Gasteiger partial charge in [-0.2, -0.15) is 0 Å². The third kappa shape index (κ3) is 6.77. The van der Waals surface area contributed by atoms with E-state index in [9.17, 15) is 9.59 Å². The molecule has 0 spiro atoms. The predicted octanol–water partition coefficient (Wildman–Crippen LogP) is 1.87. The van der Waals surface area contributed by atoms with Crippen LogP contribution >= 0.6 is 0 Å². The van der Waals surface area contributed by atoms with Gasteiger partial charge >= 0.3 is 6.09 Å². The SMILES string of the molecule is CON(C)C(=O)C(NC(=O)O)[C@H](OC(C)(C)C)C(C)(C)C. The lowest BCUT2D eigenvalue weighted by molar-refractivity contribution is -0.183. The molecule has 0 fully saturated rings. The Bertz CT molecular complexity index is 371. The van der Waals surface area contributed by atoms with E-state index in [0.717, 1.165) is 5.06 Å². The first-order valence-corrected chi connectivity index (χ1v) is 6.78. The van der Waals surface area contributed by atoms with Crippen molar-refractivity contribution in [2.24, 2.45) is 5.41 Å². The van der Waals surface area contributed by atoms with E-state index in [0.29, 0.717) is 0 Å². The molecule has 0 aliphatic heterocycles. The Kier molecular flexibility index (Phi) is 6.63. The van der Waals surface area contributed by atoms with Crippen molar-refractivity contribution in [3.05, 3.63) is 0 Å². The number of amides is 2. The van der Waals surface area contributed by atoms with Crippen LogP contribution < -0.4 is 5.32 Å². The molecule has 2 N–H and O–H groups in total. The van der Waals surface area contributed by atoms with Gasteiger partial charge in [0.15, 0.2) is 0 Å². The number of likely N-dealkylation sites (N-methyl/N-ethyl adjacent to an activating group) is 1. The van der Waals surface area contributed by atoms with E-state index in [4.69, 9.17) is 14.7 Å². The van der Waals surface area contributed by atoms with Crippen LogP contribution in [0.3, 0.4) is 0 Å². The largest absolute Gasteiger partial charge is 0.465 e. The van der Waals surface area contributed by atoms with Crippen LogP contribution in [-0.4, -0.2) is 54.1 Å². The normalized spacial score (nSPS) is 15.2. The van der Waals surface area contributed by atoms with E-state index in [2.05, 4.69) is 5.32 Å². The van der Waals surface area contributed by atoms with Crippen LogP contribution in [0.5, 0.6) is 0 Å². The highest BCUT2D eigenvalue weighted by atomic mass is 16.7. The Morgan fingerprint density at radius 3 is 1.90 bits per heavy atom. The molecule has 1 unspecified atom stereocenters. The first-order valence-electron chi connectivity index (χ1n) is 6.78. The highest BCUT2D eigenvalue weighted by molar-refractivity contribution is 5.85. The summed E-state index contributed by atoms with van der Waals surface area (Å²) in [6.45, 7) is 11.2. The monoisotopic (exact) mass is 304 g/mol. The summed E-state index contributed by atoms with van der Waals surface area (Å²) in [5.41, 5.74) is -0.979. The molecule has 0 rings (SSSR count). The van der Waals surface area contributed by atoms with Crippen LogP contribution in [0, 0.1) is 5.41 Å². The van der Waals surface area contributed by atoms with Gasteiger partial charge < -0.3 is 15.2 Å². The number of nitrogens with one attached hydrogen (secondary N) is 1. The molecule has 0 aliphatic rings. The van der Waals surface area contributed by atoms with Gasteiger partial charge in [0.2, 0.25) is 0 Å². The second-order valence-corrected chi connectivity index (χ2v) is 6.96. The molecule has 0 aliphatic carbocycles. The summed E-state index contributed by atoms with van der Waals surface area (Å²) in [6.07, 6.45) is -1.94. The summed E-state index contributed by atoms with van der Waals surface area (Å²) in [6, 6.07) is -1.06. The Hall–Kier alpha value is -1.34. The highest BCUT2D eigenvalue weighted by Gasteiger charge is 2.42. The van der Waals surface area contributed by atoms with E-state index in [-0.39, 0.29) is 0 Å². The van der Waals surface area contributed by atoms with Crippen LogP contribution in [0.15, 0.2) is 0 Å². The molecular formula is C14H28N2O5. The van der Waals surface area contributed by atoms with E-state index < -0.39 is 35.2 Å². The van der Waals surface area contributed by atoms with Gasteiger partial charge in [0.1, 0.15) is 6.04 Å². The number of carbonyl (C=O) groups excluding carboxylic acids is 1. The molecule has 0 aromatic rings. The van der Waals surface area contributed by atoms with Crippen LogP contribution in [-0.2, 0) is 14.4 Å². The van der Waals surface area contributed by atoms with Gasteiger partial charge in [-0.1, -0.05) is 20.8 Å². The van der Waals surface area contributed by atoms with Crippen molar-refractivity contribution in [1.29, 1.82) is 0 Å². The van der Waals surface area contributed by atoms with Crippen molar-refractivity contribution >= 4 is 12.0 Å². The van der Waals surface area contributed by atoms with Gasteiger partial charge in [0.05, 0.1) is 18.8 Å². The molecule has 0 saturated carbocycles. The van der Waals surface area contributed by atoms with Crippen molar-refractivity contribution in [2.75, 3.05) is 14.2 Å². The lowest BCUT2D eigenvalue weighted by atomic mass is 9.83. The maximum absolute atomic E-state index is 12.4. The summed E-state index contributed by atoms with van der Waals surface area (Å²) in [5.74, 6) is -0.510. The summed E-state index contributed by atoms with van der Waals surface area (Å²) in [5, 5.41) is 12.3. The van der Waals surface area contributed by atoms with Crippen molar-refractivity contribution in [1.82, 2.24) is 10.4 Å². The second-order valence-electron chi connectivity index (χ2n) is 6.96. The molecule has 7 heteroatoms. The summed E-state index contributed by atoms with van der Waals surface area (Å²) < 4.78 is 5.95. The number of ether oxygens (including phenoxy) is 1. The lowest BCUT2D eigenvalue weighted by Gasteiger charge is -2.40. The van der Waals surface area contributed by atoms with E-state index in [1.54, 1.807) is 0 Å². The van der Waals surface area contributed by atoms with Crippen molar-refractivity contribution in [2.45, 2.75) is 59.3 Å². The molecule has 0 saturated heterocycles. The third-order valence-electron chi connectivity index (χ3n) is 2.77. The Balaban J connectivity index is 5.57. The number of hydrogen-bond acceptors (Lipinski definition) is 4. The number of hydrogen-bond donors (Lipinski definition) is 2. The van der Waals surface area contributed by atoms with Gasteiger partial charge in [0.25, 0.3) is 5.91 Å². The average Bonchev–Trinajstić information content (AvgIpc) is 2.28. The number of rotatable bonds is 5. The molecule has 0 aromatic heterocycles. The van der Waals surface area contributed by atoms with Gasteiger partial charge in [-0.15, -0.1) is 0 Å². The molecule has 0 bridgehead atoms. The number of nitrogens with zero attached hydrogens (tertiary/aromatic N) is 1. The molecular weight excluding hydrogens is 276 g/mol. The minimum absolute atomic E-state index is 0.454. The fourth-order valence-corrected chi connectivity index (χ4v) is 1.81. The molecule has 124 valence electrons. The summed E-state index contributed by atoms with van der Waals surface area (Å²) >= 11 is 0. The van der Waals surface area contributed by atoms with Crippen molar-refractivity contribution in [3.63, 3.8) is 0 Å². The zero-order chi connectivity index (χ0) is 17.0. The molecule has 0 radical (unpaired) electrons. The van der Waals surface area contributed by atoms with Crippen molar-refractivity contribution in [3.8, 4) is 0 Å². The number of hydroxylamine groups is 2. The van der Waals surface area contributed by atoms with Crippen molar-refractivity contribution < 1.29 is 24.3 Å². The molecule has 0 heterocycles. The molecule has 7 nitrogen and oxygen atoms in total. The zero-order valence-electron chi connectivity index (χ0n) is 14.2. The lowest BCUT2D eigenvalue weighted by Crippen LogP contribution is -2.59. The van der Waals surface area contributed by atoms with Gasteiger partial charge in [-0.25, -0.2) is 9.86 Å². The van der Waals surface area contributed by atoms with Crippen LogP contribution in [0.1, 0.15) is 41.5 Å². The maximum Gasteiger partial charge on any atom is 0.405 e. The standard InChI is InChI=1S/C14H28N2O5/c1-13(2,3)10(21-14(4,5)6)9(15-12(18)19)11(17)16(7)20-8/h9-10,15H,1-8H3,(H,18,19)/t9?,10-/m0/s1. The van der Waals surface area contributed by atoms with E-state index >= 15 is 0 Å². The smallest absolute Gasteiger partial charge is 0.405 e. The van der Waals surface area contributed by atoms with Crippen LogP contribution in [0.2, 0.25) is 0 Å². The predicted molar refractivity (Wildman–Crippen MR) is 78.8 cm³/mol. The summed E-state index contributed by atoms with van der Waals surface area (Å²) in [4.78, 5) is 28.3. The molecule has 21 heavy (non-hydrogen) atoms. The first-order chi connectivity index (χ1) is 9.29. The Morgan fingerprint density at radius 1 is 1.14 bits per heavy atom. The van der Waals surface area contributed by atoms with Gasteiger partial charge in [-0.3, -0.25) is 9.63 Å². The fourth-order valence-electron chi connectivity index (χ4n) is 1.81. The highest BCUT2D eigenvalue weighted by Crippen LogP contribution is 2.29. The Labute approximate surface area is 126 Å². The zero-order valence-corrected chi connectivity index (χ0v) is 14.2. The maximum atomic E-state index is 12.4. The first kappa shape index (κ1) is 19.7. The molecule has 2 atom stereocenters. The number of carboxylic acid groups (broad SMARTS) is 1. The van der Waals surface area contributed by atoms with Crippen LogP contribution in [0.4, 0.5) is 4.79 Å². The van der Waals surface area contributed by atoms with E-state index in [1.165, 1.54) is 14.2 Å². The van der Waals surface area contributed by atoms with Gasteiger partial charge in [-0.05, 0) is 26.2 Å². The fraction of sp³-hybridized carbons (Fsp3) is 0.857. The average molecular weight is 304 g/mol. The molecule has 0 aromatic carbocycles. The van der Waals surface area contributed by atoms with E-state index in [1.807, 2.05) is 41.5 Å². The second kappa shape index (κ2) is 7.09. The minimum atomic E-state index is -1.29. The van der Waals surface area contributed by atoms with Gasteiger partial charge in [0, 0.05) is 7.05 Å². The molecule has 2 amide bonds. The quantitative estimate of drug-likeness (QED) is 0.757. The topological polar surface area (TPSA) is 88.1 Å². The summed E-state index contributed by atoms with van der Waals surface area (Å²) in [7, 11) is 2.77. The minimum Gasteiger partial charge on any atom is -0.465 e. The third-order valence-corrected chi connectivity index (χ3v) is 2.77.